The summed E-state index contributed by atoms with van der Waals surface area (Å²) in [6.07, 6.45) is 0. The van der Waals surface area contributed by atoms with Crippen LogP contribution in [0.2, 0.25) is 5.02 Å². The molecule has 1 aromatic carbocycles. The molecule has 1 unspecified atom stereocenters. The van der Waals surface area contributed by atoms with Crippen molar-refractivity contribution < 1.29 is 0 Å². The Morgan fingerprint density at radius 2 is 2.05 bits per heavy atom. The Morgan fingerprint density at radius 3 is 2.63 bits per heavy atom. The zero-order valence-electron chi connectivity index (χ0n) is 10.6. The number of thiophene rings is 1. The highest BCUT2D eigenvalue weighted by Gasteiger charge is 2.19. The average molecular weight is 424 g/mol. The standard InChI is InChI=1S/C14H14Br2ClNS/c1-3-18-13(12-7-11(15)14(16)19-12)10-6-9(17)5-4-8(10)2/h4-7,13,18H,3H2,1-2H3. The molecule has 0 saturated carbocycles. The smallest absolute Gasteiger partial charge is 0.0843 e. The Balaban J connectivity index is 2.47. The lowest BCUT2D eigenvalue weighted by atomic mass is 10.00. The van der Waals surface area contributed by atoms with Gasteiger partial charge >= 0.3 is 0 Å². The Kier molecular flexibility index (Phi) is 5.49. The molecule has 0 fully saturated rings. The van der Waals surface area contributed by atoms with E-state index >= 15 is 0 Å². The van der Waals surface area contributed by atoms with Crippen molar-refractivity contribution in [3.8, 4) is 0 Å². The van der Waals surface area contributed by atoms with Gasteiger partial charge in [-0.3, -0.25) is 0 Å². The third kappa shape index (κ3) is 3.61. The van der Waals surface area contributed by atoms with Gasteiger partial charge in [-0.2, -0.15) is 0 Å². The van der Waals surface area contributed by atoms with E-state index in [4.69, 9.17) is 11.6 Å². The summed E-state index contributed by atoms with van der Waals surface area (Å²) in [5.41, 5.74) is 2.48. The molecule has 19 heavy (non-hydrogen) atoms. The summed E-state index contributed by atoms with van der Waals surface area (Å²) < 4.78 is 2.21. The van der Waals surface area contributed by atoms with Crippen LogP contribution < -0.4 is 5.32 Å². The maximum Gasteiger partial charge on any atom is 0.0843 e. The first-order valence-electron chi connectivity index (χ1n) is 5.97. The molecule has 1 atom stereocenters. The fourth-order valence-electron chi connectivity index (χ4n) is 2.00. The molecule has 2 rings (SSSR count). The van der Waals surface area contributed by atoms with E-state index in [1.54, 1.807) is 11.3 Å². The first-order chi connectivity index (χ1) is 9.02. The second-order valence-corrected chi connectivity index (χ2v) is 7.95. The lowest BCUT2D eigenvalue weighted by Crippen LogP contribution is -2.21. The largest absolute Gasteiger partial charge is 0.306 e. The van der Waals surface area contributed by atoms with Crippen molar-refractivity contribution in [1.29, 1.82) is 0 Å². The van der Waals surface area contributed by atoms with Crippen molar-refractivity contribution in [2.45, 2.75) is 19.9 Å². The molecule has 0 aliphatic rings. The van der Waals surface area contributed by atoms with E-state index < -0.39 is 0 Å². The normalized spacial score (nSPS) is 12.7. The minimum atomic E-state index is 0.177. The third-order valence-corrected chi connectivity index (χ3v) is 6.47. The minimum absolute atomic E-state index is 0.177. The summed E-state index contributed by atoms with van der Waals surface area (Å²) >= 11 is 15.0. The molecule has 1 N–H and O–H groups in total. The maximum atomic E-state index is 6.14. The Bertz CT molecular complexity index is 563. The van der Waals surface area contributed by atoms with Crippen molar-refractivity contribution in [2.24, 2.45) is 0 Å². The molecule has 0 radical (unpaired) electrons. The van der Waals surface area contributed by atoms with E-state index in [-0.39, 0.29) is 6.04 Å². The molecule has 1 nitrogen and oxygen atoms in total. The van der Waals surface area contributed by atoms with Crippen LogP contribution in [-0.2, 0) is 0 Å². The fourth-order valence-corrected chi connectivity index (χ4v) is 4.36. The Labute approximate surface area is 139 Å². The van der Waals surface area contributed by atoms with Gasteiger partial charge in [-0.25, -0.2) is 0 Å². The van der Waals surface area contributed by atoms with E-state index in [9.17, 15) is 0 Å². The van der Waals surface area contributed by atoms with Gasteiger partial charge in [0.15, 0.2) is 0 Å². The highest BCUT2D eigenvalue weighted by molar-refractivity contribution is 9.13. The van der Waals surface area contributed by atoms with E-state index in [0.717, 1.165) is 19.8 Å². The van der Waals surface area contributed by atoms with Crippen molar-refractivity contribution in [3.05, 3.63) is 53.6 Å². The van der Waals surface area contributed by atoms with Gasteiger partial charge in [0.05, 0.1) is 9.83 Å². The predicted octanol–water partition coefficient (Wildman–Crippen LogP) is 5.93. The van der Waals surface area contributed by atoms with Gasteiger partial charge in [-0.15, -0.1) is 11.3 Å². The SMILES string of the molecule is CCNC(c1cc(Br)c(Br)s1)c1cc(Cl)ccc1C. The molecular formula is C14H14Br2ClNS. The summed E-state index contributed by atoms with van der Waals surface area (Å²) in [6.45, 7) is 5.14. The third-order valence-electron chi connectivity index (χ3n) is 2.91. The fraction of sp³-hybridized carbons (Fsp3) is 0.286. The number of benzene rings is 1. The van der Waals surface area contributed by atoms with Gasteiger partial charge in [0, 0.05) is 14.4 Å². The number of halogens is 3. The number of hydrogen-bond donors (Lipinski definition) is 1. The topological polar surface area (TPSA) is 12.0 Å². The number of nitrogens with one attached hydrogen (secondary N) is 1. The van der Waals surface area contributed by atoms with Crippen LogP contribution in [0.15, 0.2) is 32.5 Å². The molecule has 0 amide bonds. The second kappa shape index (κ2) is 6.72. The summed E-state index contributed by atoms with van der Waals surface area (Å²) in [4.78, 5) is 1.27. The van der Waals surface area contributed by atoms with Gasteiger partial charge in [0.1, 0.15) is 0 Å². The van der Waals surface area contributed by atoms with Crippen LogP contribution in [0.4, 0.5) is 0 Å². The van der Waals surface area contributed by atoms with Gasteiger partial charge in [0.25, 0.3) is 0 Å². The zero-order valence-corrected chi connectivity index (χ0v) is 15.4. The Hall–Kier alpha value is 0.130. The molecule has 1 aromatic heterocycles. The van der Waals surface area contributed by atoms with Crippen LogP contribution in [0.25, 0.3) is 0 Å². The van der Waals surface area contributed by atoms with Crippen LogP contribution in [0.5, 0.6) is 0 Å². The molecule has 2 aromatic rings. The summed E-state index contributed by atoms with van der Waals surface area (Å²) in [5.74, 6) is 0. The molecule has 0 spiro atoms. The molecule has 5 heteroatoms. The quantitative estimate of drug-likeness (QED) is 0.642. The Morgan fingerprint density at radius 1 is 1.32 bits per heavy atom. The van der Waals surface area contributed by atoms with Crippen LogP contribution >= 0.6 is 54.8 Å². The predicted molar refractivity (Wildman–Crippen MR) is 91.4 cm³/mol. The molecule has 0 aliphatic carbocycles. The van der Waals surface area contributed by atoms with Crippen LogP contribution in [-0.4, -0.2) is 6.54 Å². The van der Waals surface area contributed by atoms with Crippen LogP contribution in [0.3, 0.4) is 0 Å². The minimum Gasteiger partial charge on any atom is -0.306 e. The number of aryl methyl sites for hydroxylation is 1. The van der Waals surface area contributed by atoms with Gasteiger partial charge in [0.2, 0.25) is 0 Å². The van der Waals surface area contributed by atoms with E-state index in [1.165, 1.54) is 16.0 Å². The molecule has 0 bridgehead atoms. The van der Waals surface area contributed by atoms with Crippen molar-refractivity contribution in [2.75, 3.05) is 6.54 Å². The second-order valence-electron chi connectivity index (χ2n) is 4.26. The average Bonchev–Trinajstić information content (AvgIpc) is 2.70. The van der Waals surface area contributed by atoms with Crippen molar-refractivity contribution >= 4 is 54.8 Å². The molecular weight excluding hydrogens is 409 g/mol. The monoisotopic (exact) mass is 421 g/mol. The first kappa shape index (κ1) is 15.5. The van der Waals surface area contributed by atoms with Gasteiger partial charge < -0.3 is 5.32 Å². The van der Waals surface area contributed by atoms with Crippen molar-refractivity contribution in [1.82, 2.24) is 5.32 Å². The molecule has 0 aliphatic heterocycles. The maximum absolute atomic E-state index is 6.14. The first-order valence-corrected chi connectivity index (χ1v) is 8.75. The lowest BCUT2D eigenvalue weighted by Gasteiger charge is -2.19. The van der Waals surface area contributed by atoms with E-state index in [0.29, 0.717) is 0 Å². The summed E-state index contributed by atoms with van der Waals surface area (Å²) in [7, 11) is 0. The van der Waals surface area contributed by atoms with Gasteiger partial charge in [-0.1, -0.05) is 24.6 Å². The molecule has 1 heterocycles. The molecule has 0 saturated heterocycles. The van der Waals surface area contributed by atoms with Gasteiger partial charge in [-0.05, 0) is 74.7 Å². The highest BCUT2D eigenvalue weighted by Crippen LogP contribution is 2.38. The van der Waals surface area contributed by atoms with Crippen LogP contribution in [0, 0.1) is 6.92 Å². The lowest BCUT2D eigenvalue weighted by molar-refractivity contribution is 0.636. The summed E-state index contributed by atoms with van der Waals surface area (Å²) in [6, 6.07) is 8.38. The van der Waals surface area contributed by atoms with E-state index in [2.05, 4.69) is 63.2 Å². The number of rotatable bonds is 4. The van der Waals surface area contributed by atoms with Crippen molar-refractivity contribution in [3.63, 3.8) is 0 Å². The van der Waals surface area contributed by atoms with Crippen LogP contribution in [0.1, 0.15) is 29.0 Å². The zero-order chi connectivity index (χ0) is 14.0. The molecule has 102 valence electrons. The summed E-state index contributed by atoms with van der Waals surface area (Å²) in [5, 5.41) is 4.31. The highest BCUT2D eigenvalue weighted by atomic mass is 79.9. The number of hydrogen-bond acceptors (Lipinski definition) is 2. The van der Waals surface area contributed by atoms with E-state index in [1.807, 2.05) is 12.1 Å².